The molecular weight excluding hydrogens is 210 g/mol. The summed E-state index contributed by atoms with van der Waals surface area (Å²) in [5, 5.41) is 2.08. The van der Waals surface area contributed by atoms with Crippen LogP contribution in [0.4, 0.5) is 0 Å². The van der Waals surface area contributed by atoms with Gasteiger partial charge < -0.3 is 4.98 Å². The van der Waals surface area contributed by atoms with Gasteiger partial charge in [0.1, 0.15) is 0 Å². The van der Waals surface area contributed by atoms with Crippen LogP contribution in [0.5, 0.6) is 0 Å². The Morgan fingerprint density at radius 1 is 1.41 bits per heavy atom. The van der Waals surface area contributed by atoms with Crippen molar-refractivity contribution in [3.05, 3.63) is 24.0 Å². The maximum atomic E-state index is 6.30. The largest absolute Gasteiger partial charge is 0.363 e. The number of nitrogens with one attached hydrogen (secondary N) is 1. The van der Waals surface area contributed by atoms with Crippen LogP contribution in [0, 0.1) is 0 Å². The Bertz CT molecular complexity index is 320. The molecule has 0 radical (unpaired) electrons. The van der Waals surface area contributed by atoms with E-state index in [9.17, 15) is 0 Å². The Hall–Kier alpha value is -0.800. The van der Waals surface area contributed by atoms with E-state index < -0.39 is 0 Å². The third-order valence-corrected chi connectivity index (χ3v) is 4.08. The molecular formula is C14H25N3. The van der Waals surface area contributed by atoms with E-state index in [-0.39, 0.29) is 5.54 Å². The maximum Gasteiger partial charge on any atom is 0.0748 e. The zero-order valence-electron chi connectivity index (χ0n) is 10.9. The predicted molar refractivity (Wildman–Crippen MR) is 71.4 cm³/mol. The molecule has 17 heavy (non-hydrogen) atoms. The number of nitrogens with two attached hydrogens (primary N) is 1. The monoisotopic (exact) mass is 235 g/mol. The first-order chi connectivity index (χ1) is 8.29. The highest BCUT2D eigenvalue weighted by atomic mass is 15.4. The number of piperidine rings is 1. The zero-order chi connectivity index (χ0) is 12.1. The minimum atomic E-state index is 0.0664. The highest BCUT2D eigenvalue weighted by Crippen LogP contribution is 2.39. The Balaban J connectivity index is 2.16. The van der Waals surface area contributed by atoms with Crippen LogP contribution in [0.1, 0.15) is 57.6 Å². The molecule has 3 nitrogen and oxygen atoms in total. The number of hydrazine groups is 1. The summed E-state index contributed by atoms with van der Waals surface area (Å²) < 4.78 is 0. The van der Waals surface area contributed by atoms with Crippen molar-refractivity contribution < 1.29 is 0 Å². The Kier molecular flexibility index (Phi) is 4.24. The van der Waals surface area contributed by atoms with E-state index in [1.807, 2.05) is 6.20 Å². The van der Waals surface area contributed by atoms with Crippen LogP contribution in [0.15, 0.2) is 18.3 Å². The van der Waals surface area contributed by atoms with E-state index in [0.29, 0.717) is 0 Å². The third kappa shape index (κ3) is 2.55. The van der Waals surface area contributed by atoms with Gasteiger partial charge in [-0.1, -0.05) is 26.2 Å². The summed E-state index contributed by atoms with van der Waals surface area (Å²) in [4.78, 5) is 3.38. The Labute approximate surface area is 104 Å². The van der Waals surface area contributed by atoms with Gasteiger partial charge in [-0.05, 0) is 37.8 Å². The van der Waals surface area contributed by atoms with E-state index in [4.69, 9.17) is 5.84 Å². The highest BCUT2D eigenvalue weighted by molar-refractivity contribution is 5.17. The second kappa shape index (κ2) is 5.69. The summed E-state index contributed by atoms with van der Waals surface area (Å²) >= 11 is 0. The number of unbranched alkanes of at least 4 members (excludes halogenated alkanes) is 2. The van der Waals surface area contributed by atoms with Crippen LogP contribution in [-0.2, 0) is 5.54 Å². The third-order valence-electron chi connectivity index (χ3n) is 4.08. The number of hydrogen-bond donors (Lipinski definition) is 2. The fourth-order valence-electron chi connectivity index (χ4n) is 3.04. The van der Waals surface area contributed by atoms with Crippen LogP contribution in [0.2, 0.25) is 0 Å². The van der Waals surface area contributed by atoms with E-state index in [0.717, 1.165) is 6.54 Å². The number of nitrogens with zero attached hydrogens (tertiary/aromatic N) is 1. The van der Waals surface area contributed by atoms with Crippen LogP contribution in [-0.4, -0.2) is 16.5 Å². The topological polar surface area (TPSA) is 45.0 Å². The molecule has 0 spiro atoms. The minimum absolute atomic E-state index is 0.0664. The van der Waals surface area contributed by atoms with Crippen LogP contribution < -0.4 is 5.84 Å². The van der Waals surface area contributed by atoms with E-state index in [1.165, 1.54) is 50.6 Å². The van der Waals surface area contributed by atoms with Crippen molar-refractivity contribution in [2.45, 2.75) is 57.4 Å². The normalized spacial score (nSPS) is 26.2. The molecule has 1 aromatic heterocycles. The standard InChI is InChI=1S/C14H25N3/c1-2-3-4-9-14(13-8-7-11-16-13)10-5-6-12-17(14)15/h7-8,11,16H,2-6,9-10,12,15H2,1H3. The van der Waals surface area contributed by atoms with Gasteiger partial charge in [-0.25, -0.2) is 5.01 Å². The molecule has 0 aliphatic carbocycles. The number of rotatable bonds is 5. The molecule has 0 amide bonds. The molecule has 2 heterocycles. The molecule has 96 valence electrons. The summed E-state index contributed by atoms with van der Waals surface area (Å²) in [7, 11) is 0. The lowest BCUT2D eigenvalue weighted by atomic mass is 9.80. The van der Waals surface area contributed by atoms with E-state index in [2.05, 4.69) is 29.0 Å². The number of H-pyrrole nitrogens is 1. The lowest BCUT2D eigenvalue weighted by Gasteiger charge is -2.44. The van der Waals surface area contributed by atoms with Gasteiger partial charge in [0, 0.05) is 18.4 Å². The molecule has 0 bridgehead atoms. The summed E-state index contributed by atoms with van der Waals surface area (Å²) in [6.07, 6.45) is 10.7. The lowest BCUT2D eigenvalue weighted by Crippen LogP contribution is -2.53. The van der Waals surface area contributed by atoms with Crippen molar-refractivity contribution in [3.63, 3.8) is 0 Å². The smallest absolute Gasteiger partial charge is 0.0748 e. The lowest BCUT2D eigenvalue weighted by molar-refractivity contribution is 0.0293. The van der Waals surface area contributed by atoms with Gasteiger partial charge in [0.25, 0.3) is 0 Å². The average Bonchev–Trinajstić information content (AvgIpc) is 2.86. The molecule has 0 aromatic carbocycles. The Morgan fingerprint density at radius 3 is 2.94 bits per heavy atom. The van der Waals surface area contributed by atoms with E-state index in [1.54, 1.807) is 0 Å². The van der Waals surface area contributed by atoms with Crippen LogP contribution >= 0.6 is 0 Å². The summed E-state index contributed by atoms with van der Waals surface area (Å²) in [5.41, 5.74) is 1.37. The van der Waals surface area contributed by atoms with Crippen molar-refractivity contribution in [2.24, 2.45) is 5.84 Å². The Morgan fingerprint density at radius 2 is 2.29 bits per heavy atom. The summed E-state index contributed by atoms with van der Waals surface area (Å²) in [5.74, 6) is 6.30. The van der Waals surface area contributed by atoms with Gasteiger partial charge in [-0.3, -0.25) is 5.84 Å². The summed E-state index contributed by atoms with van der Waals surface area (Å²) in [6, 6.07) is 4.27. The molecule has 3 N–H and O–H groups in total. The maximum absolute atomic E-state index is 6.30. The number of aromatic amines is 1. The summed E-state index contributed by atoms with van der Waals surface area (Å²) in [6.45, 7) is 3.27. The van der Waals surface area contributed by atoms with Crippen molar-refractivity contribution in [1.82, 2.24) is 9.99 Å². The minimum Gasteiger partial charge on any atom is -0.363 e. The van der Waals surface area contributed by atoms with Gasteiger partial charge >= 0.3 is 0 Å². The molecule has 3 heteroatoms. The molecule has 0 saturated carbocycles. The van der Waals surface area contributed by atoms with Crippen LogP contribution in [0.3, 0.4) is 0 Å². The first kappa shape index (κ1) is 12.7. The van der Waals surface area contributed by atoms with Crippen molar-refractivity contribution in [3.8, 4) is 0 Å². The van der Waals surface area contributed by atoms with Gasteiger partial charge in [0.05, 0.1) is 5.54 Å². The number of aromatic nitrogens is 1. The molecule has 1 atom stereocenters. The fourth-order valence-corrected chi connectivity index (χ4v) is 3.04. The SMILES string of the molecule is CCCCCC1(c2ccc[nH]2)CCCCN1N. The highest BCUT2D eigenvalue weighted by Gasteiger charge is 2.39. The molecule has 1 aromatic rings. The molecule has 1 saturated heterocycles. The first-order valence-electron chi connectivity index (χ1n) is 6.96. The van der Waals surface area contributed by atoms with Crippen molar-refractivity contribution in [2.75, 3.05) is 6.54 Å². The van der Waals surface area contributed by atoms with Crippen LogP contribution in [0.25, 0.3) is 0 Å². The zero-order valence-corrected chi connectivity index (χ0v) is 10.9. The quantitative estimate of drug-likeness (QED) is 0.608. The van der Waals surface area contributed by atoms with Gasteiger partial charge in [0.2, 0.25) is 0 Å². The molecule has 1 aliphatic heterocycles. The molecule has 2 rings (SSSR count). The second-order valence-corrected chi connectivity index (χ2v) is 5.22. The molecule has 1 aliphatic rings. The van der Waals surface area contributed by atoms with Crippen molar-refractivity contribution >= 4 is 0 Å². The van der Waals surface area contributed by atoms with Gasteiger partial charge in [0.15, 0.2) is 0 Å². The molecule has 1 unspecified atom stereocenters. The predicted octanol–water partition coefficient (Wildman–Crippen LogP) is 3.15. The van der Waals surface area contributed by atoms with Gasteiger partial charge in [-0.15, -0.1) is 0 Å². The number of hydrogen-bond acceptors (Lipinski definition) is 2. The second-order valence-electron chi connectivity index (χ2n) is 5.22. The van der Waals surface area contributed by atoms with Crippen molar-refractivity contribution in [1.29, 1.82) is 0 Å². The van der Waals surface area contributed by atoms with E-state index >= 15 is 0 Å². The fraction of sp³-hybridized carbons (Fsp3) is 0.714. The van der Waals surface area contributed by atoms with Gasteiger partial charge in [-0.2, -0.15) is 0 Å². The first-order valence-corrected chi connectivity index (χ1v) is 6.96. The molecule has 1 fully saturated rings. The average molecular weight is 235 g/mol.